The van der Waals surface area contributed by atoms with E-state index in [9.17, 15) is 4.79 Å². The smallest absolute Gasteiger partial charge is 0.409 e. The van der Waals surface area contributed by atoms with Gasteiger partial charge in [0.05, 0.1) is 6.61 Å². The lowest BCUT2D eigenvalue weighted by Crippen LogP contribution is -2.50. The summed E-state index contributed by atoms with van der Waals surface area (Å²) in [6.07, 6.45) is 5.69. The Hall–Kier alpha value is -0.730. The monoisotopic (exact) mass is 424 g/mol. The fourth-order valence-electron chi connectivity index (χ4n) is 2.61. The van der Waals surface area contributed by atoms with Crippen LogP contribution in [0.4, 0.5) is 4.79 Å². The van der Waals surface area contributed by atoms with Crippen LogP contribution in [0.5, 0.6) is 0 Å². The largest absolute Gasteiger partial charge is 0.450 e. The molecule has 1 saturated heterocycles. The fourth-order valence-corrected chi connectivity index (χ4v) is 2.61. The first-order valence-electron chi connectivity index (χ1n) is 8.11. The molecule has 0 atom stereocenters. The number of carbonyl (C=O) groups excluding carboxylic acids is 1. The van der Waals surface area contributed by atoms with Crippen molar-refractivity contribution in [3.63, 3.8) is 0 Å². The van der Waals surface area contributed by atoms with Gasteiger partial charge >= 0.3 is 6.09 Å². The zero-order chi connectivity index (χ0) is 15.1. The van der Waals surface area contributed by atoms with E-state index in [0.29, 0.717) is 12.6 Å². The van der Waals surface area contributed by atoms with Crippen molar-refractivity contribution in [2.45, 2.75) is 45.1 Å². The molecule has 2 N–H and O–H groups in total. The minimum Gasteiger partial charge on any atom is -0.450 e. The lowest BCUT2D eigenvalue weighted by Gasteiger charge is -2.32. The molecule has 2 rings (SSSR count). The number of carbonyl (C=O) groups is 1. The molecule has 1 heterocycles. The van der Waals surface area contributed by atoms with Gasteiger partial charge in [0.25, 0.3) is 0 Å². The second kappa shape index (κ2) is 10.1. The molecule has 0 aromatic heterocycles. The van der Waals surface area contributed by atoms with Crippen molar-refractivity contribution in [3.05, 3.63) is 0 Å². The van der Waals surface area contributed by atoms with E-state index < -0.39 is 0 Å². The number of rotatable bonds is 5. The van der Waals surface area contributed by atoms with Crippen molar-refractivity contribution in [2.75, 3.05) is 33.3 Å². The molecule has 0 aromatic rings. The fraction of sp³-hybridized carbons (Fsp3) is 0.867. The molecule has 0 spiro atoms. The molecule has 2 aliphatic rings. The molecule has 1 amide bonds. The summed E-state index contributed by atoms with van der Waals surface area (Å²) in [4.78, 5) is 17.7. The van der Waals surface area contributed by atoms with E-state index in [0.717, 1.165) is 44.4 Å². The van der Waals surface area contributed by atoms with Gasteiger partial charge in [-0.15, -0.1) is 24.0 Å². The Balaban J connectivity index is 0.00000242. The Bertz CT molecular complexity index is 367. The molecule has 2 fully saturated rings. The molecule has 1 saturated carbocycles. The van der Waals surface area contributed by atoms with Crippen LogP contribution in [0.25, 0.3) is 0 Å². The third-order valence-corrected chi connectivity index (χ3v) is 4.13. The van der Waals surface area contributed by atoms with Gasteiger partial charge in [-0.3, -0.25) is 4.99 Å². The van der Waals surface area contributed by atoms with Crippen molar-refractivity contribution >= 4 is 36.0 Å². The van der Waals surface area contributed by atoms with Crippen LogP contribution in [-0.2, 0) is 4.74 Å². The van der Waals surface area contributed by atoms with Crippen LogP contribution in [0.15, 0.2) is 4.99 Å². The average Bonchev–Trinajstić information content (AvgIpc) is 3.31. The molecule has 1 aliphatic heterocycles. The van der Waals surface area contributed by atoms with Crippen molar-refractivity contribution in [3.8, 4) is 0 Å². The van der Waals surface area contributed by atoms with Crippen LogP contribution >= 0.6 is 24.0 Å². The van der Waals surface area contributed by atoms with Gasteiger partial charge in [0.2, 0.25) is 0 Å². The van der Waals surface area contributed by atoms with Crippen molar-refractivity contribution in [2.24, 2.45) is 10.9 Å². The highest BCUT2D eigenvalue weighted by atomic mass is 127. The first kappa shape index (κ1) is 19.3. The van der Waals surface area contributed by atoms with Gasteiger partial charge in [0.15, 0.2) is 5.96 Å². The van der Waals surface area contributed by atoms with E-state index in [-0.39, 0.29) is 30.1 Å². The predicted molar refractivity (Wildman–Crippen MR) is 98.9 cm³/mol. The van der Waals surface area contributed by atoms with Gasteiger partial charge < -0.3 is 20.3 Å². The molecule has 1 aliphatic carbocycles. The van der Waals surface area contributed by atoms with Crippen molar-refractivity contribution in [1.82, 2.24) is 15.5 Å². The van der Waals surface area contributed by atoms with E-state index in [1.165, 1.54) is 19.3 Å². The molecule has 0 unspecified atom stereocenters. The van der Waals surface area contributed by atoms with Crippen molar-refractivity contribution < 1.29 is 9.53 Å². The van der Waals surface area contributed by atoms with Gasteiger partial charge in [-0.2, -0.15) is 0 Å². The van der Waals surface area contributed by atoms with Crippen LogP contribution in [0.3, 0.4) is 0 Å². The van der Waals surface area contributed by atoms with E-state index >= 15 is 0 Å². The zero-order valence-corrected chi connectivity index (χ0v) is 16.0. The van der Waals surface area contributed by atoms with E-state index in [4.69, 9.17) is 4.74 Å². The molecular formula is C15H29IN4O2. The summed E-state index contributed by atoms with van der Waals surface area (Å²) in [7, 11) is 1.81. The summed E-state index contributed by atoms with van der Waals surface area (Å²) in [5.41, 5.74) is 0. The third kappa shape index (κ3) is 6.58. The number of guanidine groups is 1. The Kier molecular flexibility index (Phi) is 8.89. The minimum atomic E-state index is -0.192. The van der Waals surface area contributed by atoms with Crippen molar-refractivity contribution in [1.29, 1.82) is 0 Å². The number of nitrogens with zero attached hydrogens (tertiary/aromatic N) is 2. The molecular weight excluding hydrogens is 395 g/mol. The van der Waals surface area contributed by atoms with Crippen LogP contribution in [-0.4, -0.2) is 56.3 Å². The van der Waals surface area contributed by atoms with E-state index in [1.54, 1.807) is 11.9 Å². The van der Waals surface area contributed by atoms with E-state index in [2.05, 4.69) is 15.6 Å². The molecule has 0 aromatic carbocycles. The van der Waals surface area contributed by atoms with Gasteiger partial charge in [0.1, 0.15) is 0 Å². The van der Waals surface area contributed by atoms with Gasteiger partial charge in [-0.1, -0.05) is 12.8 Å². The molecule has 0 bridgehead atoms. The first-order valence-corrected chi connectivity index (χ1v) is 8.11. The number of hydrogen-bond acceptors (Lipinski definition) is 3. The summed E-state index contributed by atoms with van der Waals surface area (Å²) in [5.74, 6) is 1.81. The maximum Gasteiger partial charge on any atom is 0.409 e. The Labute approximate surface area is 150 Å². The molecule has 22 heavy (non-hydrogen) atoms. The number of halogens is 1. The summed E-state index contributed by atoms with van der Waals surface area (Å²) in [6.45, 7) is 4.76. The SMILES string of the molecule is CCOC(=O)N1CCC(NC(=NC)NCCC2CC2)CC1.I. The Morgan fingerprint density at radius 1 is 1.27 bits per heavy atom. The van der Waals surface area contributed by atoms with Crippen LogP contribution in [0, 0.1) is 5.92 Å². The average molecular weight is 424 g/mol. The second-order valence-corrected chi connectivity index (χ2v) is 5.84. The first-order chi connectivity index (χ1) is 10.2. The number of amides is 1. The minimum absolute atomic E-state index is 0. The number of ether oxygens (including phenoxy) is 1. The summed E-state index contributed by atoms with van der Waals surface area (Å²) in [5, 5.41) is 6.83. The lowest BCUT2D eigenvalue weighted by molar-refractivity contribution is 0.0963. The predicted octanol–water partition coefficient (Wildman–Crippen LogP) is 2.19. The van der Waals surface area contributed by atoms with Crippen LogP contribution in [0.1, 0.15) is 39.0 Å². The Morgan fingerprint density at radius 2 is 1.95 bits per heavy atom. The van der Waals surface area contributed by atoms with Gasteiger partial charge in [-0.05, 0) is 32.1 Å². The molecule has 0 radical (unpaired) electrons. The number of nitrogens with one attached hydrogen (secondary N) is 2. The normalized spacial score (nSPS) is 19.4. The molecule has 128 valence electrons. The van der Waals surface area contributed by atoms with Gasteiger partial charge in [-0.25, -0.2) is 4.79 Å². The van der Waals surface area contributed by atoms with E-state index in [1.807, 2.05) is 6.92 Å². The third-order valence-electron chi connectivity index (χ3n) is 4.13. The highest BCUT2D eigenvalue weighted by molar-refractivity contribution is 14.0. The number of hydrogen-bond donors (Lipinski definition) is 2. The second-order valence-electron chi connectivity index (χ2n) is 5.84. The number of aliphatic imine (C=N–C) groups is 1. The number of likely N-dealkylation sites (tertiary alicyclic amines) is 1. The standard InChI is InChI=1S/C15H28N4O2.HI/c1-3-21-15(20)19-10-7-13(8-11-19)18-14(16-2)17-9-6-12-4-5-12;/h12-13H,3-11H2,1-2H3,(H2,16,17,18);1H. The quantitative estimate of drug-likeness (QED) is 0.404. The highest BCUT2D eigenvalue weighted by Gasteiger charge is 2.24. The maximum atomic E-state index is 11.6. The summed E-state index contributed by atoms with van der Waals surface area (Å²) >= 11 is 0. The number of piperidine rings is 1. The topological polar surface area (TPSA) is 66.0 Å². The summed E-state index contributed by atoms with van der Waals surface area (Å²) in [6, 6.07) is 0.378. The zero-order valence-electron chi connectivity index (χ0n) is 13.6. The Morgan fingerprint density at radius 3 is 2.50 bits per heavy atom. The molecule has 7 heteroatoms. The van der Waals surface area contributed by atoms with Gasteiger partial charge in [0, 0.05) is 32.7 Å². The maximum absolute atomic E-state index is 11.6. The summed E-state index contributed by atoms with van der Waals surface area (Å²) < 4.78 is 5.03. The molecule has 6 nitrogen and oxygen atoms in total. The van der Waals surface area contributed by atoms with Crippen LogP contribution in [0.2, 0.25) is 0 Å². The highest BCUT2D eigenvalue weighted by Crippen LogP contribution is 2.31. The lowest BCUT2D eigenvalue weighted by atomic mass is 10.1. The van der Waals surface area contributed by atoms with Crippen LogP contribution < -0.4 is 10.6 Å².